The van der Waals surface area contributed by atoms with Crippen molar-refractivity contribution in [2.75, 3.05) is 19.7 Å². The molecule has 2 atom stereocenters. The first-order valence-electron chi connectivity index (χ1n) is 6.33. The van der Waals surface area contributed by atoms with E-state index in [9.17, 15) is 0 Å². The third kappa shape index (κ3) is 4.44. The molecule has 3 nitrogen and oxygen atoms in total. The first kappa shape index (κ1) is 14.0. The molecule has 0 aromatic heterocycles. The lowest BCUT2D eigenvalue weighted by atomic mass is 9.73. The summed E-state index contributed by atoms with van der Waals surface area (Å²) in [6, 6.07) is 0.824. The van der Waals surface area contributed by atoms with Gasteiger partial charge in [0, 0.05) is 25.1 Å². The van der Waals surface area contributed by atoms with Crippen LogP contribution in [0.2, 0.25) is 6.82 Å². The number of rotatable bonds is 5. The molecule has 2 unspecified atom stereocenters. The molecular formula is C12H25BNO2. The predicted molar refractivity (Wildman–Crippen MR) is 68.1 cm³/mol. The van der Waals surface area contributed by atoms with Gasteiger partial charge < -0.3 is 9.47 Å². The van der Waals surface area contributed by atoms with Gasteiger partial charge in [-0.2, -0.15) is 0 Å². The Bertz CT molecular complexity index is 199. The van der Waals surface area contributed by atoms with Crippen LogP contribution >= 0.6 is 0 Å². The second kappa shape index (κ2) is 6.62. The normalized spacial score (nSPS) is 27.7. The molecule has 1 saturated heterocycles. The number of hydrogen-bond donors (Lipinski definition) is 0. The molecule has 0 amide bonds. The van der Waals surface area contributed by atoms with Crippen LogP contribution in [0, 0.1) is 0 Å². The first-order valence-corrected chi connectivity index (χ1v) is 6.33. The Morgan fingerprint density at radius 1 is 1.31 bits per heavy atom. The number of nitrogens with zero attached hydrogens (tertiary/aromatic N) is 1. The van der Waals surface area contributed by atoms with E-state index < -0.39 is 0 Å². The summed E-state index contributed by atoms with van der Waals surface area (Å²) in [4.78, 5) is 2.46. The van der Waals surface area contributed by atoms with Crippen molar-refractivity contribution in [1.29, 1.82) is 0 Å². The fraction of sp³-hybridized carbons (Fsp3) is 1.00. The van der Waals surface area contributed by atoms with Crippen LogP contribution in [0.15, 0.2) is 0 Å². The molecule has 93 valence electrons. The monoisotopic (exact) mass is 226 g/mol. The molecule has 0 aromatic carbocycles. The summed E-state index contributed by atoms with van der Waals surface area (Å²) in [5.74, 6) is 0. The maximum Gasteiger partial charge on any atom is 0.147 e. The molecule has 0 spiro atoms. The van der Waals surface area contributed by atoms with Gasteiger partial charge in [-0.05, 0) is 27.7 Å². The van der Waals surface area contributed by atoms with Crippen molar-refractivity contribution in [2.45, 2.75) is 58.8 Å². The van der Waals surface area contributed by atoms with E-state index in [-0.39, 0.29) is 18.2 Å². The maximum absolute atomic E-state index is 5.94. The lowest BCUT2D eigenvalue weighted by molar-refractivity contribution is -0.101. The zero-order chi connectivity index (χ0) is 12.1. The summed E-state index contributed by atoms with van der Waals surface area (Å²) in [5.41, 5.74) is 0. The van der Waals surface area contributed by atoms with Gasteiger partial charge in [-0.3, -0.25) is 4.90 Å². The summed E-state index contributed by atoms with van der Waals surface area (Å²) in [6.45, 7) is 13.3. The largest absolute Gasteiger partial charge is 0.379 e. The van der Waals surface area contributed by atoms with Gasteiger partial charge in [0.25, 0.3) is 0 Å². The lowest BCUT2D eigenvalue weighted by Crippen LogP contribution is -2.53. The highest BCUT2D eigenvalue weighted by Gasteiger charge is 2.28. The van der Waals surface area contributed by atoms with Gasteiger partial charge in [0.05, 0.1) is 18.8 Å². The summed E-state index contributed by atoms with van der Waals surface area (Å²) in [5, 5.41) is 0. The molecule has 4 heteroatoms. The summed E-state index contributed by atoms with van der Waals surface area (Å²) in [6.07, 6.45) is 0.488. The molecule has 1 fully saturated rings. The van der Waals surface area contributed by atoms with Crippen molar-refractivity contribution < 1.29 is 9.47 Å². The minimum Gasteiger partial charge on any atom is -0.379 e. The first-order chi connectivity index (χ1) is 7.52. The predicted octanol–water partition coefficient (Wildman–Crippen LogP) is 1.60. The maximum atomic E-state index is 5.94. The Kier molecular flexibility index (Phi) is 5.80. The Labute approximate surface area is 101 Å². The smallest absolute Gasteiger partial charge is 0.147 e. The fourth-order valence-electron chi connectivity index (χ4n) is 1.90. The molecule has 0 saturated carbocycles. The van der Waals surface area contributed by atoms with Gasteiger partial charge in [0.15, 0.2) is 0 Å². The zero-order valence-corrected chi connectivity index (χ0v) is 11.3. The molecule has 0 N–H and O–H groups in total. The zero-order valence-electron chi connectivity index (χ0n) is 11.3. The highest BCUT2D eigenvalue weighted by molar-refractivity contribution is 6.35. The van der Waals surface area contributed by atoms with E-state index in [1.54, 1.807) is 0 Å². The molecule has 0 aliphatic carbocycles. The lowest BCUT2D eigenvalue weighted by Gasteiger charge is -2.40. The van der Waals surface area contributed by atoms with Crippen molar-refractivity contribution in [1.82, 2.24) is 4.90 Å². The highest BCUT2D eigenvalue weighted by Crippen LogP contribution is 2.14. The van der Waals surface area contributed by atoms with Crippen molar-refractivity contribution >= 4 is 7.28 Å². The van der Waals surface area contributed by atoms with Gasteiger partial charge >= 0.3 is 0 Å². The molecule has 1 radical (unpaired) electrons. The Morgan fingerprint density at radius 2 is 2.00 bits per heavy atom. The van der Waals surface area contributed by atoms with Gasteiger partial charge in [-0.25, -0.2) is 0 Å². The van der Waals surface area contributed by atoms with Gasteiger partial charge in [0.2, 0.25) is 0 Å². The Morgan fingerprint density at radius 3 is 2.50 bits per heavy atom. The third-order valence-corrected chi connectivity index (χ3v) is 2.94. The van der Waals surface area contributed by atoms with Gasteiger partial charge in [-0.15, -0.1) is 0 Å². The molecule has 1 rings (SSSR count). The molecule has 0 aromatic rings. The van der Waals surface area contributed by atoms with Crippen molar-refractivity contribution in [2.24, 2.45) is 0 Å². The van der Waals surface area contributed by atoms with Crippen LogP contribution in [-0.4, -0.2) is 56.1 Å². The van der Waals surface area contributed by atoms with Crippen LogP contribution in [0.3, 0.4) is 0 Å². The van der Waals surface area contributed by atoms with E-state index in [4.69, 9.17) is 9.47 Å². The molecule has 1 aliphatic rings. The van der Waals surface area contributed by atoms with E-state index in [1.165, 1.54) is 0 Å². The molecule has 0 bridgehead atoms. The van der Waals surface area contributed by atoms with E-state index in [1.807, 2.05) is 0 Å². The minimum atomic E-state index is 0.208. The molecule has 1 heterocycles. The summed E-state index contributed by atoms with van der Waals surface area (Å²) < 4.78 is 11.6. The van der Waals surface area contributed by atoms with Crippen LogP contribution in [0.5, 0.6) is 0 Å². The second-order valence-corrected chi connectivity index (χ2v) is 5.06. The highest BCUT2D eigenvalue weighted by atomic mass is 16.5. The SMILES string of the molecule is C[B]C1CN(C(C)C)CC(COC(C)C)O1. The number of hydrogen-bond acceptors (Lipinski definition) is 3. The third-order valence-electron chi connectivity index (χ3n) is 2.94. The van der Waals surface area contributed by atoms with Gasteiger partial charge in [0.1, 0.15) is 7.28 Å². The molecule has 1 aliphatic heterocycles. The van der Waals surface area contributed by atoms with Crippen molar-refractivity contribution in [3.63, 3.8) is 0 Å². The van der Waals surface area contributed by atoms with Crippen molar-refractivity contribution in [3.8, 4) is 0 Å². The van der Waals surface area contributed by atoms with E-state index >= 15 is 0 Å². The standard InChI is InChI=1S/C12H25BNO2/c1-9(2)14-6-11(8-15-10(3)4)16-12(7-14)13-5/h9-12H,6-8H2,1-5H3. The molecular weight excluding hydrogens is 201 g/mol. The molecule has 16 heavy (non-hydrogen) atoms. The Balaban J connectivity index is 2.44. The fourth-order valence-corrected chi connectivity index (χ4v) is 1.90. The number of ether oxygens (including phenoxy) is 2. The van der Waals surface area contributed by atoms with E-state index in [2.05, 4.69) is 46.7 Å². The second-order valence-electron chi connectivity index (χ2n) is 5.06. The Hall–Kier alpha value is -0.0551. The average molecular weight is 226 g/mol. The van der Waals surface area contributed by atoms with Crippen LogP contribution < -0.4 is 0 Å². The average Bonchev–Trinajstić information content (AvgIpc) is 2.25. The summed E-state index contributed by atoms with van der Waals surface area (Å²) >= 11 is 0. The van der Waals surface area contributed by atoms with Crippen molar-refractivity contribution in [3.05, 3.63) is 0 Å². The van der Waals surface area contributed by atoms with Gasteiger partial charge in [-0.1, -0.05) is 6.82 Å². The van der Waals surface area contributed by atoms with E-state index in [0.29, 0.717) is 12.6 Å². The van der Waals surface area contributed by atoms with Crippen LogP contribution in [0.4, 0.5) is 0 Å². The number of morpholine rings is 1. The quantitative estimate of drug-likeness (QED) is 0.664. The summed E-state index contributed by atoms with van der Waals surface area (Å²) in [7, 11) is 2.14. The minimum absolute atomic E-state index is 0.208. The van der Waals surface area contributed by atoms with Crippen LogP contribution in [0.25, 0.3) is 0 Å². The topological polar surface area (TPSA) is 21.7 Å². The van der Waals surface area contributed by atoms with E-state index in [0.717, 1.165) is 13.1 Å². The van der Waals surface area contributed by atoms with Crippen LogP contribution in [0.1, 0.15) is 27.7 Å². The van der Waals surface area contributed by atoms with Crippen LogP contribution in [-0.2, 0) is 9.47 Å².